The van der Waals surface area contributed by atoms with E-state index in [1.807, 2.05) is 31.3 Å². The van der Waals surface area contributed by atoms with Gasteiger partial charge >= 0.3 is 0 Å². The van der Waals surface area contributed by atoms with Crippen molar-refractivity contribution in [2.24, 2.45) is 7.05 Å². The molecule has 0 unspecified atom stereocenters. The molecule has 2 aromatic carbocycles. The highest BCUT2D eigenvalue weighted by Gasteiger charge is 2.12. The third-order valence-electron chi connectivity index (χ3n) is 3.57. The third kappa shape index (κ3) is 5.54. The minimum Gasteiger partial charge on any atom is -0.486 e. The molecule has 0 aliphatic heterocycles. The molecular formula is C18H16BrFN4O2S. The molecule has 0 atom stereocenters. The highest BCUT2D eigenvalue weighted by Crippen LogP contribution is 2.19. The Morgan fingerprint density at radius 2 is 1.89 bits per heavy atom. The average molecular weight is 451 g/mol. The van der Waals surface area contributed by atoms with Crippen molar-refractivity contribution in [3.8, 4) is 5.75 Å². The number of rotatable bonds is 7. The number of carbonyl (C=O) groups excluding carboxylic acids is 1. The molecule has 3 aromatic rings. The lowest BCUT2D eigenvalue weighted by atomic mass is 10.3. The first-order chi connectivity index (χ1) is 13.0. The second-order valence-corrected chi connectivity index (χ2v) is 7.40. The van der Waals surface area contributed by atoms with Crippen molar-refractivity contribution in [3.05, 3.63) is 64.6 Å². The Kier molecular flexibility index (Phi) is 6.46. The molecule has 9 heteroatoms. The van der Waals surface area contributed by atoms with Crippen LogP contribution < -0.4 is 10.1 Å². The van der Waals surface area contributed by atoms with Crippen LogP contribution in [0, 0.1) is 5.82 Å². The number of aromatic nitrogens is 3. The standard InChI is InChI=1S/C18H16BrFN4O2S/c1-24-16(10-26-15-8-2-12(19)3-9-15)22-23-18(24)27-11-17(25)21-14-6-4-13(20)5-7-14/h2-9H,10-11H2,1H3,(H,21,25). The topological polar surface area (TPSA) is 69.0 Å². The second-order valence-electron chi connectivity index (χ2n) is 5.54. The van der Waals surface area contributed by atoms with Gasteiger partial charge in [0.15, 0.2) is 11.0 Å². The SMILES string of the molecule is Cn1c(COc2ccc(Br)cc2)nnc1SCC(=O)Nc1ccc(F)cc1. The lowest BCUT2D eigenvalue weighted by molar-refractivity contribution is -0.113. The molecular weight excluding hydrogens is 435 g/mol. The molecule has 3 rings (SSSR count). The monoisotopic (exact) mass is 450 g/mol. The van der Waals surface area contributed by atoms with Gasteiger partial charge in [0.2, 0.25) is 5.91 Å². The number of amides is 1. The highest BCUT2D eigenvalue weighted by atomic mass is 79.9. The van der Waals surface area contributed by atoms with Crippen molar-refractivity contribution >= 4 is 39.3 Å². The maximum atomic E-state index is 12.9. The molecule has 1 amide bonds. The zero-order chi connectivity index (χ0) is 19.2. The first-order valence-corrected chi connectivity index (χ1v) is 9.74. The Morgan fingerprint density at radius 3 is 2.59 bits per heavy atom. The van der Waals surface area contributed by atoms with E-state index < -0.39 is 0 Å². The van der Waals surface area contributed by atoms with Gasteiger partial charge in [0.25, 0.3) is 0 Å². The molecule has 27 heavy (non-hydrogen) atoms. The number of benzene rings is 2. The van der Waals surface area contributed by atoms with Crippen LogP contribution in [0.5, 0.6) is 5.75 Å². The Labute approximate surface area is 168 Å². The van der Waals surface area contributed by atoms with Crippen LogP contribution in [0.2, 0.25) is 0 Å². The van der Waals surface area contributed by atoms with Crippen LogP contribution in [-0.4, -0.2) is 26.4 Å². The van der Waals surface area contributed by atoms with Crippen molar-refractivity contribution in [2.45, 2.75) is 11.8 Å². The Hall–Kier alpha value is -2.39. The van der Waals surface area contributed by atoms with Crippen LogP contribution in [-0.2, 0) is 18.4 Å². The summed E-state index contributed by atoms with van der Waals surface area (Å²) in [7, 11) is 1.82. The first-order valence-electron chi connectivity index (χ1n) is 7.96. The van der Waals surface area contributed by atoms with Gasteiger partial charge < -0.3 is 14.6 Å². The normalized spacial score (nSPS) is 10.6. The summed E-state index contributed by atoms with van der Waals surface area (Å²) < 4.78 is 21.3. The van der Waals surface area contributed by atoms with E-state index in [1.165, 1.54) is 36.0 Å². The minimum absolute atomic E-state index is 0.164. The fraction of sp³-hybridized carbons (Fsp3) is 0.167. The molecule has 0 bridgehead atoms. The van der Waals surface area contributed by atoms with Gasteiger partial charge in [0.1, 0.15) is 18.2 Å². The number of hydrogen-bond donors (Lipinski definition) is 1. The molecule has 1 heterocycles. The van der Waals surface area contributed by atoms with Gasteiger partial charge in [-0.15, -0.1) is 10.2 Å². The number of nitrogens with one attached hydrogen (secondary N) is 1. The van der Waals surface area contributed by atoms with Crippen molar-refractivity contribution in [1.29, 1.82) is 0 Å². The third-order valence-corrected chi connectivity index (χ3v) is 5.12. The molecule has 0 spiro atoms. The molecule has 0 radical (unpaired) electrons. The second kappa shape index (κ2) is 9.01. The summed E-state index contributed by atoms with van der Waals surface area (Å²) in [6.45, 7) is 0.271. The molecule has 1 aromatic heterocycles. The van der Waals surface area contributed by atoms with Crippen molar-refractivity contribution in [3.63, 3.8) is 0 Å². The van der Waals surface area contributed by atoms with Crippen LogP contribution >= 0.6 is 27.7 Å². The van der Waals surface area contributed by atoms with E-state index in [0.717, 1.165) is 10.2 Å². The molecule has 6 nitrogen and oxygen atoms in total. The summed E-state index contributed by atoms with van der Waals surface area (Å²) in [5.74, 6) is 0.992. The van der Waals surface area contributed by atoms with Crippen molar-refractivity contribution in [2.75, 3.05) is 11.1 Å². The van der Waals surface area contributed by atoms with Gasteiger partial charge in [-0.1, -0.05) is 27.7 Å². The predicted molar refractivity (Wildman–Crippen MR) is 105 cm³/mol. The summed E-state index contributed by atoms with van der Waals surface area (Å²) in [6.07, 6.45) is 0. The molecule has 0 aliphatic carbocycles. The number of carbonyl (C=O) groups is 1. The van der Waals surface area contributed by atoms with Gasteiger partial charge in [-0.2, -0.15) is 0 Å². The van der Waals surface area contributed by atoms with E-state index in [0.29, 0.717) is 16.7 Å². The average Bonchev–Trinajstić information content (AvgIpc) is 3.01. The molecule has 0 fully saturated rings. The van der Waals surface area contributed by atoms with Gasteiger partial charge in [-0.3, -0.25) is 4.79 Å². The van der Waals surface area contributed by atoms with Gasteiger partial charge in [-0.05, 0) is 48.5 Å². The minimum atomic E-state index is -0.348. The first kappa shape index (κ1) is 19.4. The van der Waals surface area contributed by atoms with E-state index in [9.17, 15) is 9.18 Å². The summed E-state index contributed by atoms with van der Waals surface area (Å²) >= 11 is 4.64. The maximum absolute atomic E-state index is 12.9. The van der Waals surface area contributed by atoms with Gasteiger partial charge in [0, 0.05) is 17.2 Å². The lowest BCUT2D eigenvalue weighted by Gasteiger charge is -2.07. The van der Waals surface area contributed by atoms with Crippen molar-refractivity contribution in [1.82, 2.24) is 14.8 Å². The van der Waals surface area contributed by atoms with Crippen molar-refractivity contribution < 1.29 is 13.9 Å². The fourth-order valence-electron chi connectivity index (χ4n) is 2.14. The lowest BCUT2D eigenvalue weighted by Crippen LogP contribution is -2.14. The van der Waals surface area contributed by atoms with Crippen LogP contribution in [0.3, 0.4) is 0 Å². The number of thioether (sulfide) groups is 1. The summed E-state index contributed by atoms with van der Waals surface area (Å²) in [5.41, 5.74) is 0.545. The van der Waals surface area contributed by atoms with Crippen LogP contribution in [0.15, 0.2) is 58.2 Å². The number of halogens is 2. The smallest absolute Gasteiger partial charge is 0.234 e. The molecule has 0 saturated carbocycles. The Morgan fingerprint density at radius 1 is 1.19 bits per heavy atom. The molecule has 140 valence electrons. The molecule has 1 N–H and O–H groups in total. The largest absolute Gasteiger partial charge is 0.486 e. The van der Waals surface area contributed by atoms with E-state index in [1.54, 1.807) is 4.57 Å². The molecule has 0 saturated heterocycles. The van der Waals surface area contributed by atoms with E-state index in [2.05, 4.69) is 31.4 Å². The number of ether oxygens (including phenoxy) is 1. The highest BCUT2D eigenvalue weighted by molar-refractivity contribution is 9.10. The maximum Gasteiger partial charge on any atom is 0.234 e. The Balaban J connectivity index is 1.51. The fourth-order valence-corrected chi connectivity index (χ4v) is 3.13. The van der Waals surface area contributed by atoms with E-state index >= 15 is 0 Å². The summed E-state index contributed by atoms with van der Waals surface area (Å²) in [5, 5.41) is 11.5. The van der Waals surface area contributed by atoms with Gasteiger partial charge in [0.05, 0.1) is 5.75 Å². The van der Waals surface area contributed by atoms with Crippen LogP contribution in [0.1, 0.15) is 5.82 Å². The zero-order valence-corrected chi connectivity index (χ0v) is 16.8. The summed E-state index contributed by atoms with van der Waals surface area (Å²) in [6, 6.07) is 13.1. The van der Waals surface area contributed by atoms with E-state index in [-0.39, 0.29) is 24.1 Å². The summed E-state index contributed by atoms with van der Waals surface area (Å²) in [4.78, 5) is 12.0. The van der Waals surface area contributed by atoms with Crippen LogP contribution in [0.4, 0.5) is 10.1 Å². The van der Waals surface area contributed by atoms with Crippen LogP contribution in [0.25, 0.3) is 0 Å². The molecule has 0 aliphatic rings. The predicted octanol–water partition coefficient (Wildman–Crippen LogP) is 4.03. The quantitative estimate of drug-likeness (QED) is 0.550. The van der Waals surface area contributed by atoms with E-state index in [4.69, 9.17) is 4.74 Å². The number of anilines is 1. The van der Waals surface area contributed by atoms with Gasteiger partial charge in [-0.25, -0.2) is 4.39 Å². The Bertz CT molecular complexity index is 916. The number of nitrogens with zero attached hydrogens (tertiary/aromatic N) is 3. The zero-order valence-electron chi connectivity index (χ0n) is 14.4. The number of hydrogen-bond acceptors (Lipinski definition) is 5.